The SMILES string of the molecule is Cc1ccc(Cl)cc1N1CCN(C(=O)[C@@H](c2ccccc2)N2Cc3ccccc3C2=O)CC1. The Morgan fingerprint density at radius 1 is 0.909 bits per heavy atom. The van der Waals surface area contributed by atoms with Crippen LogP contribution in [0.15, 0.2) is 72.8 Å². The first-order chi connectivity index (χ1) is 16.0. The monoisotopic (exact) mass is 459 g/mol. The zero-order valence-corrected chi connectivity index (χ0v) is 19.3. The molecule has 2 heterocycles. The van der Waals surface area contributed by atoms with E-state index in [2.05, 4.69) is 11.8 Å². The lowest BCUT2D eigenvalue weighted by Crippen LogP contribution is -2.52. The van der Waals surface area contributed by atoms with Crippen molar-refractivity contribution < 1.29 is 9.59 Å². The minimum Gasteiger partial charge on any atom is -0.368 e. The van der Waals surface area contributed by atoms with Gasteiger partial charge in [-0.15, -0.1) is 0 Å². The van der Waals surface area contributed by atoms with Gasteiger partial charge in [0.1, 0.15) is 6.04 Å². The van der Waals surface area contributed by atoms with Crippen LogP contribution in [0.5, 0.6) is 0 Å². The number of halogens is 1. The summed E-state index contributed by atoms with van der Waals surface area (Å²) < 4.78 is 0. The molecule has 0 unspecified atom stereocenters. The largest absolute Gasteiger partial charge is 0.368 e. The van der Waals surface area contributed by atoms with Gasteiger partial charge in [-0.05, 0) is 41.8 Å². The molecule has 0 aliphatic carbocycles. The molecule has 0 spiro atoms. The van der Waals surface area contributed by atoms with Crippen LogP contribution in [-0.4, -0.2) is 47.8 Å². The molecule has 2 amide bonds. The molecule has 33 heavy (non-hydrogen) atoms. The van der Waals surface area contributed by atoms with Gasteiger partial charge in [0.2, 0.25) is 5.91 Å². The predicted molar refractivity (Wildman–Crippen MR) is 130 cm³/mol. The average molecular weight is 460 g/mol. The number of benzene rings is 3. The minimum atomic E-state index is -0.634. The Bertz CT molecular complexity index is 1190. The number of hydrogen-bond acceptors (Lipinski definition) is 3. The summed E-state index contributed by atoms with van der Waals surface area (Å²) in [4.78, 5) is 33.0. The van der Waals surface area contributed by atoms with Gasteiger partial charge in [-0.25, -0.2) is 0 Å². The highest BCUT2D eigenvalue weighted by molar-refractivity contribution is 6.30. The van der Waals surface area contributed by atoms with Gasteiger partial charge in [-0.1, -0.05) is 66.2 Å². The first kappa shape index (κ1) is 21.5. The van der Waals surface area contributed by atoms with Crippen molar-refractivity contribution in [2.45, 2.75) is 19.5 Å². The molecule has 1 saturated heterocycles. The standard InChI is InChI=1S/C27H26ClN3O2/c1-19-11-12-22(28)17-24(19)29-13-15-30(16-14-29)27(33)25(20-7-3-2-4-8-20)31-18-21-9-5-6-10-23(21)26(31)32/h2-12,17,25H,13-16,18H2,1H3/t25-/m1/s1. The Hall–Kier alpha value is -3.31. The maximum atomic E-state index is 13.8. The zero-order valence-electron chi connectivity index (χ0n) is 18.6. The summed E-state index contributed by atoms with van der Waals surface area (Å²) in [5.74, 6) is -0.106. The lowest BCUT2D eigenvalue weighted by Gasteiger charge is -2.39. The van der Waals surface area contributed by atoms with Crippen molar-refractivity contribution in [3.05, 3.63) is 100 Å². The molecule has 0 bridgehead atoms. The van der Waals surface area contributed by atoms with E-state index in [-0.39, 0.29) is 11.8 Å². The van der Waals surface area contributed by atoms with Gasteiger partial charge in [0.05, 0.1) is 0 Å². The van der Waals surface area contributed by atoms with Crippen LogP contribution >= 0.6 is 11.6 Å². The number of carbonyl (C=O) groups is 2. The Labute approximate surface area is 199 Å². The van der Waals surface area contributed by atoms with Crippen LogP contribution in [0.1, 0.15) is 33.1 Å². The highest BCUT2D eigenvalue weighted by Crippen LogP contribution is 2.33. The maximum Gasteiger partial charge on any atom is 0.255 e. The fourth-order valence-corrected chi connectivity index (χ4v) is 5.01. The highest BCUT2D eigenvalue weighted by atomic mass is 35.5. The molecular weight excluding hydrogens is 434 g/mol. The summed E-state index contributed by atoms with van der Waals surface area (Å²) >= 11 is 6.22. The summed E-state index contributed by atoms with van der Waals surface area (Å²) in [5, 5.41) is 0.713. The maximum absolute atomic E-state index is 13.8. The number of anilines is 1. The van der Waals surface area contributed by atoms with Gasteiger partial charge >= 0.3 is 0 Å². The first-order valence-corrected chi connectivity index (χ1v) is 11.6. The van der Waals surface area contributed by atoms with Crippen LogP contribution in [0.3, 0.4) is 0 Å². The van der Waals surface area contributed by atoms with Crippen molar-refractivity contribution >= 4 is 29.1 Å². The molecule has 1 fully saturated rings. The van der Waals surface area contributed by atoms with Crippen LogP contribution in [-0.2, 0) is 11.3 Å². The van der Waals surface area contributed by atoms with Crippen molar-refractivity contribution in [3.63, 3.8) is 0 Å². The van der Waals surface area contributed by atoms with Crippen molar-refractivity contribution in [1.29, 1.82) is 0 Å². The summed E-state index contributed by atoms with van der Waals surface area (Å²) in [5.41, 5.74) is 4.78. The quantitative estimate of drug-likeness (QED) is 0.568. The van der Waals surface area contributed by atoms with Crippen LogP contribution < -0.4 is 4.90 Å². The van der Waals surface area contributed by atoms with Crippen molar-refractivity contribution in [3.8, 4) is 0 Å². The van der Waals surface area contributed by atoms with Gasteiger partial charge in [0, 0.05) is 49.0 Å². The Balaban J connectivity index is 1.38. The van der Waals surface area contributed by atoms with Crippen molar-refractivity contribution in [2.75, 3.05) is 31.1 Å². The first-order valence-electron chi connectivity index (χ1n) is 11.3. The molecule has 5 nitrogen and oxygen atoms in total. The van der Waals surface area contributed by atoms with Gasteiger partial charge in [0.15, 0.2) is 0 Å². The van der Waals surface area contributed by atoms with Crippen LogP contribution in [0.25, 0.3) is 0 Å². The van der Waals surface area contributed by atoms with Crippen LogP contribution in [0, 0.1) is 6.92 Å². The molecule has 0 saturated carbocycles. The number of amides is 2. The summed E-state index contributed by atoms with van der Waals surface area (Å²) in [6.45, 7) is 5.17. The van der Waals surface area contributed by atoms with E-state index in [1.807, 2.05) is 77.7 Å². The smallest absolute Gasteiger partial charge is 0.255 e. The lowest BCUT2D eigenvalue weighted by atomic mass is 10.0. The number of carbonyl (C=O) groups excluding carboxylic acids is 2. The number of aryl methyl sites for hydroxylation is 1. The summed E-state index contributed by atoms with van der Waals surface area (Å²) in [6.07, 6.45) is 0. The fourth-order valence-electron chi connectivity index (χ4n) is 4.84. The van der Waals surface area contributed by atoms with Gasteiger partial charge in [-0.3, -0.25) is 9.59 Å². The van der Waals surface area contributed by atoms with E-state index < -0.39 is 6.04 Å². The second kappa shape index (κ2) is 8.91. The van der Waals surface area contributed by atoms with Gasteiger partial charge in [-0.2, -0.15) is 0 Å². The molecule has 5 rings (SSSR count). The van der Waals surface area contributed by atoms with Crippen LogP contribution in [0.2, 0.25) is 5.02 Å². The van der Waals surface area contributed by atoms with E-state index in [4.69, 9.17) is 11.6 Å². The van der Waals surface area contributed by atoms with Gasteiger partial charge < -0.3 is 14.7 Å². The predicted octanol–water partition coefficient (Wildman–Crippen LogP) is 4.69. The summed E-state index contributed by atoms with van der Waals surface area (Å²) in [7, 11) is 0. The minimum absolute atomic E-state index is 0.0233. The highest BCUT2D eigenvalue weighted by Gasteiger charge is 2.39. The van der Waals surface area contributed by atoms with E-state index in [0.717, 1.165) is 29.9 Å². The topological polar surface area (TPSA) is 43.9 Å². The van der Waals surface area contributed by atoms with E-state index in [9.17, 15) is 9.59 Å². The Kier molecular flexibility index (Phi) is 5.81. The second-order valence-electron chi connectivity index (χ2n) is 8.65. The number of rotatable bonds is 4. The fraction of sp³-hybridized carbons (Fsp3) is 0.259. The second-order valence-corrected chi connectivity index (χ2v) is 9.08. The molecule has 2 aliphatic heterocycles. The normalized spacial score (nSPS) is 16.7. The van der Waals surface area contributed by atoms with Crippen molar-refractivity contribution in [1.82, 2.24) is 9.80 Å². The van der Waals surface area contributed by atoms with E-state index >= 15 is 0 Å². The molecule has 3 aromatic carbocycles. The Morgan fingerprint density at radius 3 is 2.33 bits per heavy atom. The number of hydrogen-bond donors (Lipinski definition) is 0. The molecule has 3 aromatic rings. The van der Waals surface area contributed by atoms with Crippen molar-refractivity contribution in [2.24, 2.45) is 0 Å². The molecule has 168 valence electrons. The molecule has 2 aliphatic rings. The number of fused-ring (bicyclic) bond motifs is 1. The summed E-state index contributed by atoms with van der Waals surface area (Å²) in [6, 6.07) is 22.5. The Morgan fingerprint density at radius 2 is 1.61 bits per heavy atom. The molecule has 6 heteroatoms. The van der Waals surface area contributed by atoms with E-state index in [1.54, 1.807) is 4.90 Å². The molecular formula is C27H26ClN3O2. The average Bonchev–Trinajstić information content (AvgIpc) is 3.18. The third-order valence-corrected chi connectivity index (χ3v) is 6.85. The number of nitrogens with zero attached hydrogens (tertiary/aromatic N) is 3. The molecule has 0 aromatic heterocycles. The van der Waals surface area contributed by atoms with E-state index in [1.165, 1.54) is 5.56 Å². The molecule has 1 atom stereocenters. The van der Waals surface area contributed by atoms with E-state index in [0.29, 0.717) is 30.2 Å². The third kappa shape index (κ3) is 4.09. The number of piperazine rings is 1. The van der Waals surface area contributed by atoms with Gasteiger partial charge in [0.25, 0.3) is 5.91 Å². The third-order valence-electron chi connectivity index (χ3n) is 6.61. The zero-order chi connectivity index (χ0) is 22.9. The molecule has 0 radical (unpaired) electrons. The lowest BCUT2D eigenvalue weighted by molar-refractivity contribution is -0.136. The van der Waals surface area contributed by atoms with Crippen LogP contribution in [0.4, 0.5) is 5.69 Å². The molecule has 0 N–H and O–H groups in total.